The molecule has 5 nitrogen and oxygen atoms in total. The van der Waals surface area contributed by atoms with E-state index in [0.717, 1.165) is 6.20 Å². The SMILES string of the molecule is CCNc1ncc(F)c(NC(C)(C)C(C)(C)O)n1. The van der Waals surface area contributed by atoms with E-state index in [1.807, 2.05) is 6.92 Å². The second-order valence-corrected chi connectivity index (χ2v) is 5.23. The Morgan fingerprint density at radius 3 is 2.44 bits per heavy atom. The monoisotopic (exact) mass is 256 g/mol. The number of hydrogen-bond acceptors (Lipinski definition) is 5. The standard InChI is InChI=1S/C12H21FN4O/c1-6-14-10-15-7-8(13)9(16-10)17-11(2,3)12(4,5)18/h7,18H,6H2,1-5H3,(H2,14,15,16,17). The molecule has 0 aliphatic rings. The number of halogens is 1. The molecule has 0 spiro atoms. The van der Waals surface area contributed by atoms with Gasteiger partial charge in [0.1, 0.15) is 0 Å². The molecule has 1 rings (SSSR count). The molecule has 0 bridgehead atoms. The highest BCUT2D eigenvalue weighted by Crippen LogP contribution is 2.26. The quantitative estimate of drug-likeness (QED) is 0.751. The Hall–Kier alpha value is -1.43. The molecule has 1 aromatic rings. The van der Waals surface area contributed by atoms with E-state index in [2.05, 4.69) is 20.6 Å². The van der Waals surface area contributed by atoms with Gasteiger partial charge in [0.15, 0.2) is 11.6 Å². The van der Waals surface area contributed by atoms with Crippen LogP contribution in [0, 0.1) is 5.82 Å². The Labute approximate surface area is 107 Å². The van der Waals surface area contributed by atoms with Crippen molar-refractivity contribution in [1.29, 1.82) is 0 Å². The van der Waals surface area contributed by atoms with Gasteiger partial charge in [0.25, 0.3) is 0 Å². The summed E-state index contributed by atoms with van der Waals surface area (Å²) in [7, 11) is 0. The predicted octanol–water partition coefficient (Wildman–Crippen LogP) is 2.01. The Morgan fingerprint density at radius 2 is 1.94 bits per heavy atom. The fourth-order valence-corrected chi connectivity index (χ4v) is 1.15. The minimum atomic E-state index is -1.03. The van der Waals surface area contributed by atoms with Crippen LogP contribution in [0.5, 0.6) is 0 Å². The minimum Gasteiger partial charge on any atom is -0.388 e. The van der Waals surface area contributed by atoms with Crippen molar-refractivity contribution in [3.05, 3.63) is 12.0 Å². The zero-order valence-corrected chi connectivity index (χ0v) is 11.5. The van der Waals surface area contributed by atoms with E-state index in [1.165, 1.54) is 0 Å². The molecular weight excluding hydrogens is 235 g/mol. The molecule has 0 amide bonds. The fraction of sp³-hybridized carbons (Fsp3) is 0.667. The van der Waals surface area contributed by atoms with Crippen LogP contribution in [0.15, 0.2) is 6.20 Å². The Bertz CT molecular complexity index is 415. The normalized spacial score (nSPS) is 12.4. The molecule has 0 aromatic carbocycles. The molecule has 0 atom stereocenters. The minimum absolute atomic E-state index is 0.0769. The van der Waals surface area contributed by atoms with Gasteiger partial charge in [-0.3, -0.25) is 0 Å². The number of aromatic nitrogens is 2. The van der Waals surface area contributed by atoms with Crippen LogP contribution < -0.4 is 10.6 Å². The van der Waals surface area contributed by atoms with Gasteiger partial charge < -0.3 is 15.7 Å². The van der Waals surface area contributed by atoms with E-state index >= 15 is 0 Å². The number of rotatable bonds is 5. The van der Waals surface area contributed by atoms with Gasteiger partial charge in [-0.05, 0) is 34.6 Å². The van der Waals surface area contributed by atoms with Crippen LogP contribution in [0.3, 0.4) is 0 Å². The van der Waals surface area contributed by atoms with Gasteiger partial charge in [0, 0.05) is 6.54 Å². The first kappa shape index (κ1) is 14.6. The lowest BCUT2D eigenvalue weighted by Gasteiger charge is -2.38. The largest absolute Gasteiger partial charge is 0.388 e. The molecule has 0 saturated carbocycles. The predicted molar refractivity (Wildman–Crippen MR) is 70.2 cm³/mol. The van der Waals surface area contributed by atoms with Crippen LogP contribution in [-0.2, 0) is 0 Å². The molecule has 0 aliphatic heterocycles. The smallest absolute Gasteiger partial charge is 0.224 e. The first-order chi connectivity index (χ1) is 8.17. The number of nitrogens with one attached hydrogen (secondary N) is 2. The second kappa shape index (κ2) is 5.06. The van der Waals surface area contributed by atoms with Crippen LogP contribution in [0.25, 0.3) is 0 Å². The van der Waals surface area contributed by atoms with E-state index in [-0.39, 0.29) is 5.82 Å². The molecular formula is C12H21FN4O. The summed E-state index contributed by atoms with van der Waals surface area (Å²) in [4.78, 5) is 7.86. The van der Waals surface area contributed by atoms with Crippen LogP contribution in [-0.4, -0.2) is 32.8 Å². The Balaban J connectivity index is 3.00. The molecule has 1 aromatic heterocycles. The van der Waals surface area contributed by atoms with Crippen LogP contribution in [0.4, 0.5) is 16.2 Å². The average Bonchev–Trinajstić information content (AvgIpc) is 2.21. The molecule has 0 unspecified atom stereocenters. The van der Waals surface area contributed by atoms with Gasteiger partial charge in [-0.1, -0.05) is 0 Å². The second-order valence-electron chi connectivity index (χ2n) is 5.23. The van der Waals surface area contributed by atoms with Crippen molar-refractivity contribution in [2.45, 2.75) is 45.8 Å². The van der Waals surface area contributed by atoms with E-state index in [4.69, 9.17) is 0 Å². The molecule has 18 heavy (non-hydrogen) atoms. The molecule has 0 radical (unpaired) electrons. The van der Waals surface area contributed by atoms with E-state index in [0.29, 0.717) is 12.5 Å². The summed E-state index contributed by atoms with van der Waals surface area (Å²) in [6.07, 6.45) is 1.10. The summed E-state index contributed by atoms with van der Waals surface area (Å²) < 4.78 is 13.6. The zero-order valence-electron chi connectivity index (χ0n) is 11.5. The van der Waals surface area contributed by atoms with Gasteiger partial charge in [0.2, 0.25) is 5.95 Å². The molecule has 3 N–H and O–H groups in total. The van der Waals surface area contributed by atoms with Gasteiger partial charge in [-0.2, -0.15) is 4.98 Å². The summed E-state index contributed by atoms with van der Waals surface area (Å²) in [5.74, 6) is -0.116. The van der Waals surface area contributed by atoms with Crippen molar-refractivity contribution < 1.29 is 9.50 Å². The lowest BCUT2D eigenvalue weighted by molar-refractivity contribution is 0.0237. The van der Waals surface area contributed by atoms with Gasteiger partial charge in [-0.25, -0.2) is 9.37 Å². The summed E-state index contributed by atoms with van der Waals surface area (Å²) in [6, 6.07) is 0. The number of aliphatic hydroxyl groups is 1. The third-order valence-electron chi connectivity index (χ3n) is 3.04. The lowest BCUT2D eigenvalue weighted by atomic mass is 9.86. The third-order valence-corrected chi connectivity index (χ3v) is 3.04. The highest BCUT2D eigenvalue weighted by atomic mass is 19.1. The number of anilines is 2. The maximum absolute atomic E-state index is 13.6. The average molecular weight is 256 g/mol. The summed E-state index contributed by atoms with van der Waals surface area (Å²) >= 11 is 0. The van der Waals surface area contributed by atoms with Crippen molar-refractivity contribution in [3.8, 4) is 0 Å². The zero-order chi connectivity index (χ0) is 14.0. The highest BCUT2D eigenvalue weighted by molar-refractivity contribution is 5.43. The first-order valence-corrected chi connectivity index (χ1v) is 5.94. The van der Waals surface area contributed by atoms with Gasteiger partial charge in [-0.15, -0.1) is 0 Å². The molecule has 0 fully saturated rings. The van der Waals surface area contributed by atoms with E-state index in [9.17, 15) is 9.50 Å². The Kier molecular flexibility index (Phi) is 4.11. The molecule has 6 heteroatoms. The molecule has 102 valence electrons. The molecule has 1 heterocycles. The third kappa shape index (κ3) is 3.29. The lowest BCUT2D eigenvalue weighted by Crippen LogP contribution is -2.51. The summed E-state index contributed by atoms with van der Waals surface area (Å²) in [6.45, 7) is 9.43. The van der Waals surface area contributed by atoms with Crippen molar-refractivity contribution in [2.75, 3.05) is 17.2 Å². The maximum Gasteiger partial charge on any atom is 0.224 e. The van der Waals surface area contributed by atoms with E-state index in [1.54, 1.807) is 27.7 Å². The van der Waals surface area contributed by atoms with Gasteiger partial charge in [0.05, 0.1) is 17.3 Å². The first-order valence-electron chi connectivity index (χ1n) is 5.94. The molecule has 0 aliphatic carbocycles. The maximum atomic E-state index is 13.6. The Morgan fingerprint density at radius 1 is 1.33 bits per heavy atom. The van der Waals surface area contributed by atoms with Crippen molar-refractivity contribution in [1.82, 2.24) is 9.97 Å². The van der Waals surface area contributed by atoms with Crippen LogP contribution in [0.2, 0.25) is 0 Å². The van der Waals surface area contributed by atoms with Crippen molar-refractivity contribution in [2.24, 2.45) is 0 Å². The van der Waals surface area contributed by atoms with Crippen LogP contribution in [0.1, 0.15) is 34.6 Å². The van der Waals surface area contributed by atoms with E-state index < -0.39 is 17.0 Å². The summed E-state index contributed by atoms with van der Waals surface area (Å²) in [5, 5.41) is 15.8. The number of nitrogens with zero attached hydrogens (tertiary/aromatic N) is 2. The highest BCUT2D eigenvalue weighted by Gasteiger charge is 2.35. The van der Waals surface area contributed by atoms with Crippen molar-refractivity contribution >= 4 is 11.8 Å². The topological polar surface area (TPSA) is 70.1 Å². The summed E-state index contributed by atoms with van der Waals surface area (Å²) in [5.41, 5.74) is -1.76. The van der Waals surface area contributed by atoms with Gasteiger partial charge >= 0.3 is 0 Å². The molecule has 0 saturated heterocycles. The van der Waals surface area contributed by atoms with Crippen molar-refractivity contribution in [3.63, 3.8) is 0 Å². The fourth-order valence-electron chi connectivity index (χ4n) is 1.15. The number of hydrogen-bond donors (Lipinski definition) is 3. The van der Waals surface area contributed by atoms with Crippen LogP contribution >= 0.6 is 0 Å².